The molecule has 1 heterocycles. The average Bonchev–Trinajstić information content (AvgIpc) is 2.66. The van der Waals surface area contributed by atoms with E-state index in [9.17, 15) is 13.2 Å². The summed E-state index contributed by atoms with van der Waals surface area (Å²) < 4.78 is 27.3. The number of aryl methyl sites for hydroxylation is 3. The van der Waals surface area contributed by atoms with Gasteiger partial charge in [-0.3, -0.25) is 4.79 Å². The molecule has 0 unspecified atom stereocenters. The maximum absolute atomic E-state index is 12.9. The fraction of sp³-hybridized carbons (Fsp3) is 0.409. The molecule has 150 valence electrons. The Bertz CT molecular complexity index is 969. The van der Waals surface area contributed by atoms with E-state index in [1.807, 2.05) is 63.2 Å². The lowest BCUT2D eigenvalue weighted by Gasteiger charge is -2.31. The molecule has 1 amide bonds. The van der Waals surface area contributed by atoms with Crippen molar-refractivity contribution in [1.29, 1.82) is 0 Å². The summed E-state index contributed by atoms with van der Waals surface area (Å²) in [7, 11) is -3.46. The Kier molecular flexibility index (Phi) is 6.20. The first-order valence-electron chi connectivity index (χ1n) is 9.67. The summed E-state index contributed by atoms with van der Waals surface area (Å²) in [6.07, 6.45) is 1.39. The molecule has 1 saturated heterocycles. The molecular formula is C22H28N2O3S. The van der Waals surface area contributed by atoms with E-state index in [1.54, 1.807) is 0 Å². The van der Waals surface area contributed by atoms with Crippen LogP contribution in [0.25, 0.3) is 0 Å². The van der Waals surface area contributed by atoms with Gasteiger partial charge in [0.25, 0.3) is 0 Å². The van der Waals surface area contributed by atoms with E-state index in [-0.39, 0.29) is 24.1 Å². The highest BCUT2D eigenvalue weighted by atomic mass is 32.2. The van der Waals surface area contributed by atoms with E-state index >= 15 is 0 Å². The summed E-state index contributed by atoms with van der Waals surface area (Å²) in [6, 6.07) is 13.5. The van der Waals surface area contributed by atoms with Crippen molar-refractivity contribution in [2.75, 3.05) is 18.4 Å². The number of hydrogen-bond acceptors (Lipinski definition) is 3. The summed E-state index contributed by atoms with van der Waals surface area (Å²) >= 11 is 0. The smallest absolute Gasteiger partial charge is 0.228 e. The Hall–Kier alpha value is -2.18. The second kappa shape index (κ2) is 8.45. The summed E-state index contributed by atoms with van der Waals surface area (Å²) in [5.41, 5.74) is 4.65. The molecule has 0 radical (unpaired) electrons. The maximum atomic E-state index is 12.9. The number of amides is 1. The predicted molar refractivity (Wildman–Crippen MR) is 113 cm³/mol. The van der Waals surface area contributed by atoms with Gasteiger partial charge in [0, 0.05) is 18.8 Å². The highest BCUT2D eigenvalue weighted by molar-refractivity contribution is 7.88. The fourth-order valence-corrected chi connectivity index (χ4v) is 5.29. The van der Waals surface area contributed by atoms with Crippen LogP contribution in [0, 0.1) is 26.7 Å². The van der Waals surface area contributed by atoms with Gasteiger partial charge in [-0.2, -0.15) is 0 Å². The highest BCUT2D eigenvalue weighted by Gasteiger charge is 2.32. The second-order valence-electron chi connectivity index (χ2n) is 7.69. The number of rotatable bonds is 5. The molecule has 0 spiro atoms. The number of sulfonamides is 1. The number of benzene rings is 2. The molecule has 1 N–H and O–H groups in total. The van der Waals surface area contributed by atoms with Crippen LogP contribution < -0.4 is 5.32 Å². The number of hydrogen-bond donors (Lipinski definition) is 1. The van der Waals surface area contributed by atoms with Crippen molar-refractivity contribution >= 4 is 21.6 Å². The Morgan fingerprint density at radius 2 is 1.86 bits per heavy atom. The highest BCUT2D eigenvalue weighted by Crippen LogP contribution is 2.24. The Labute approximate surface area is 167 Å². The van der Waals surface area contributed by atoms with Gasteiger partial charge in [-0.05, 0) is 61.9 Å². The molecule has 5 nitrogen and oxygen atoms in total. The SMILES string of the molecule is Cc1ccc(C)c(NC(=O)[C@@H]2CCCN(S(=O)(=O)Cc3ccccc3C)C2)c1. The Morgan fingerprint density at radius 3 is 2.61 bits per heavy atom. The van der Waals surface area contributed by atoms with Gasteiger partial charge in [0.15, 0.2) is 0 Å². The van der Waals surface area contributed by atoms with E-state index in [2.05, 4.69) is 5.32 Å². The van der Waals surface area contributed by atoms with Crippen LogP contribution in [0.1, 0.15) is 35.1 Å². The Morgan fingerprint density at radius 1 is 1.11 bits per heavy atom. The van der Waals surface area contributed by atoms with E-state index < -0.39 is 10.0 Å². The van der Waals surface area contributed by atoms with Gasteiger partial charge in [0.1, 0.15) is 0 Å². The summed E-state index contributed by atoms with van der Waals surface area (Å²) in [5.74, 6) is -0.463. The second-order valence-corrected chi connectivity index (χ2v) is 9.66. The topological polar surface area (TPSA) is 66.5 Å². The van der Waals surface area contributed by atoms with E-state index in [0.717, 1.165) is 27.9 Å². The molecule has 6 heteroatoms. The number of nitrogens with zero attached hydrogens (tertiary/aromatic N) is 1. The van der Waals surface area contributed by atoms with Gasteiger partial charge >= 0.3 is 0 Å². The van der Waals surface area contributed by atoms with Crippen LogP contribution in [0.4, 0.5) is 5.69 Å². The summed E-state index contributed by atoms with van der Waals surface area (Å²) in [6.45, 7) is 6.57. The lowest BCUT2D eigenvalue weighted by Crippen LogP contribution is -2.44. The normalized spacial score (nSPS) is 18.0. The Balaban J connectivity index is 1.70. The van der Waals surface area contributed by atoms with Crippen LogP contribution in [-0.4, -0.2) is 31.7 Å². The molecule has 3 rings (SSSR count). The minimum absolute atomic E-state index is 0.0228. The van der Waals surface area contributed by atoms with E-state index in [1.165, 1.54) is 4.31 Å². The van der Waals surface area contributed by atoms with Crippen LogP contribution in [0.5, 0.6) is 0 Å². The molecule has 0 aromatic heterocycles. The number of piperidine rings is 1. The van der Waals surface area contributed by atoms with Gasteiger partial charge < -0.3 is 5.32 Å². The van der Waals surface area contributed by atoms with E-state index in [0.29, 0.717) is 19.4 Å². The van der Waals surface area contributed by atoms with Crippen molar-refractivity contribution in [3.63, 3.8) is 0 Å². The van der Waals surface area contributed by atoms with Crippen molar-refractivity contribution in [2.24, 2.45) is 5.92 Å². The first kappa shape index (κ1) is 20.6. The molecule has 2 aromatic carbocycles. The molecular weight excluding hydrogens is 372 g/mol. The zero-order valence-electron chi connectivity index (χ0n) is 16.7. The van der Waals surface area contributed by atoms with Crippen molar-refractivity contribution in [3.8, 4) is 0 Å². The largest absolute Gasteiger partial charge is 0.326 e. The van der Waals surface area contributed by atoms with Crippen LogP contribution in [0.2, 0.25) is 0 Å². The fourth-order valence-electron chi connectivity index (χ4n) is 3.57. The quantitative estimate of drug-likeness (QED) is 0.830. The lowest BCUT2D eigenvalue weighted by atomic mass is 9.98. The molecule has 1 atom stereocenters. The molecule has 1 fully saturated rings. The van der Waals surface area contributed by atoms with Gasteiger partial charge in [0.2, 0.25) is 15.9 Å². The number of carbonyl (C=O) groups excluding carboxylic acids is 1. The summed E-state index contributed by atoms with van der Waals surface area (Å²) in [5, 5.41) is 2.99. The van der Waals surface area contributed by atoms with Gasteiger partial charge in [-0.25, -0.2) is 12.7 Å². The van der Waals surface area contributed by atoms with Crippen LogP contribution in [-0.2, 0) is 20.6 Å². The lowest BCUT2D eigenvalue weighted by molar-refractivity contribution is -0.120. The molecule has 0 aliphatic carbocycles. The van der Waals surface area contributed by atoms with Crippen LogP contribution in [0.3, 0.4) is 0 Å². The number of anilines is 1. The van der Waals surface area contributed by atoms with Crippen molar-refractivity contribution in [2.45, 2.75) is 39.4 Å². The van der Waals surface area contributed by atoms with Gasteiger partial charge in [-0.1, -0.05) is 36.4 Å². The third-order valence-electron chi connectivity index (χ3n) is 5.40. The zero-order chi connectivity index (χ0) is 20.3. The van der Waals surface area contributed by atoms with Crippen molar-refractivity contribution in [3.05, 3.63) is 64.7 Å². The first-order valence-corrected chi connectivity index (χ1v) is 11.3. The zero-order valence-corrected chi connectivity index (χ0v) is 17.6. The molecule has 0 bridgehead atoms. The molecule has 2 aromatic rings. The predicted octanol–water partition coefficient (Wildman–Crippen LogP) is 3.79. The van der Waals surface area contributed by atoms with Crippen molar-refractivity contribution in [1.82, 2.24) is 4.31 Å². The standard InChI is InChI=1S/C22H28N2O3S/c1-16-10-11-18(3)21(13-16)23-22(25)19-9-6-12-24(14-19)28(26,27)15-20-8-5-4-7-17(20)2/h4-5,7-8,10-11,13,19H,6,9,12,14-15H2,1-3H3,(H,23,25)/t19-/m1/s1. The minimum atomic E-state index is -3.46. The van der Waals surface area contributed by atoms with E-state index in [4.69, 9.17) is 0 Å². The number of nitrogens with one attached hydrogen (secondary N) is 1. The average molecular weight is 401 g/mol. The minimum Gasteiger partial charge on any atom is -0.326 e. The van der Waals surface area contributed by atoms with Crippen molar-refractivity contribution < 1.29 is 13.2 Å². The maximum Gasteiger partial charge on any atom is 0.228 e. The van der Waals surface area contributed by atoms with Gasteiger partial charge in [0.05, 0.1) is 11.7 Å². The molecule has 0 saturated carbocycles. The van der Waals surface area contributed by atoms with Gasteiger partial charge in [-0.15, -0.1) is 0 Å². The van der Waals surface area contributed by atoms with Crippen LogP contribution in [0.15, 0.2) is 42.5 Å². The molecule has 1 aliphatic heterocycles. The molecule has 28 heavy (non-hydrogen) atoms. The number of carbonyl (C=O) groups is 1. The third kappa shape index (κ3) is 4.80. The first-order chi connectivity index (χ1) is 13.3. The summed E-state index contributed by atoms with van der Waals surface area (Å²) in [4.78, 5) is 12.8. The third-order valence-corrected chi connectivity index (χ3v) is 7.19. The van der Waals surface area contributed by atoms with Crippen LogP contribution >= 0.6 is 0 Å². The molecule has 1 aliphatic rings. The monoisotopic (exact) mass is 400 g/mol.